The summed E-state index contributed by atoms with van der Waals surface area (Å²) in [5.41, 5.74) is 10.2. The Morgan fingerprint density at radius 3 is 1.50 bits per heavy atom. The maximum atomic E-state index is 12.1. The van der Waals surface area contributed by atoms with Crippen LogP contribution in [0, 0.1) is 17.3 Å². The zero-order chi connectivity index (χ0) is 18.3. The minimum atomic E-state index is -1.13. The van der Waals surface area contributed by atoms with Gasteiger partial charge in [0, 0.05) is 11.8 Å². The van der Waals surface area contributed by atoms with Crippen molar-refractivity contribution in [1.82, 2.24) is 0 Å². The van der Waals surface area contributed by atoms with Gasteiger partial charge in [-0.15, -0.1) is 0 Å². The molecule has 2 amide bonds. The van der Waals surface area contributed by atoms with Crippen molar-refractivity contribution >= 4 is 11.8 Å². The molecule has 140 valence electrons. The number of amides is 2. The van der Waals surface area contributed by atoms with E-state index in [-0.39, 0.29) is 12.8 Å². The maximum absolute atomic E-state index is 12.1. The topological polar surface area (TPSA) is 167 Å². The highest BCUT2D eigenvalue weighted by Crippen LogP contribution is 2.51. The number of carbonyl (C=O) groups excluding carboxylic acids is 2. The van der Waals surface area contributed by atoms with Gasteiger partial charge in [-0.05, 0) is 31.1 Å². The van der Waals surface area contributed by atoms with Crippen molar-refractivity contribution < 1.29 is 30.0 Å². The summed E-state index contributed by atoms with van der Waals surface area (Å²) in [4.78, 5) is 24.2. The van der Waals surface area contributed by atoms with Crippen molar-refractivity contribution in [2.75, 3.05) is 13.2 Å². The lowest BCUT2D eigenvalue weighted by atomic mass is 9.56. The van der Waals surface area contributed by atoms with Crippen LogP contribution in [-0.4, -0.2) is 57.7 Å². The van der Waals surface area contributed by atoms with Gasteiger partial charge in [-0.25, -0.2) is 0 Å². The van der Waals surface area contributed by atoms with Crippen LogP contribution in [0.25, 0.3) is 0 Å². The molecule has 8 nitrogen and oxygen atoms in total. The third-order valence-corrected chi connectivity index (χ3v) is 5.30. The van der Waals surface area contributed by atoms with Gasteiger partial charge in [-0.3, -0.25) is 9.59 Å². The lowest BCUT2D eigenvalue weighted by molar-refractivity contribution is -0.141. The smallest absolute Gasteiger partial charge is 0.221 e. The molecule has 0 aliphatic heterocycles. The lowest BCUT2D eigenvalue weighted by Crippen LogP contribution is -2.52. The summed E-state index contributed by atoms with van der Waals surface area (Å²) in [6.45, 7) is -1.03. The van der Waals surface area contributed by atoms with Crippen LogP contribution < -0.4 is 11.5 Å². The average molecular weight is 346 g/mol. The molecule has 4 unspecified atom stereocenters. The van der Waals surface area contributed by atoms with Gasteiger partial charge in [0.15, 0.2) is 0 Å². The molecule has 1 aliphatic rings. The molecule has 24 heavy (non-hydrogen) atoms. The number of primary amides is 2. The molecule has 0 bridgehead atoms. The summed E-state index contributed by atoms with van der Waals surface area (Å²) in [6, 6.07) is 0. The molecular weight excluding hydrogens is 316 g/mol. The number of nitrogens with two attached hydrogens (primary N) is 2. The second kappa shape index (κ2) is 9.31. The molecule has 1 rings (SSSR count). The Labute approximate surface area is 141 Å². The van der Waals surface area contributed by atoms with Crippen LogP contribution in [0.15, 0.2) is 0 Å². The second-order valence-electron chi connectivity index (χ2n) is 6.85. The van der Waals surface area contributed by atoms with Gasteiger partial charge in [0.25, 0.3) is 0 Å². The molecule has 0 spiro atoms. The van der Waals surface area contributed by atoms with E-state index in [2.05, 4.69) is 0 Å². The van der Waals surface area contributed by atoms with Crippen LogP contribution in [0.4, 0.5) is 0 Å². The predicted octanol–water partition coefficient (Wildman–Crippen LogP) is -1.37. The first-order valence-corrected chi connectivity index (χ1v) is 8.45. The molecule has 0 saturated heterocycles. The van der Waals surface area contributed by atoms with E-state index in [1.807, 2.05) is 0 Å². The molecule has 0 aromatic heterocycles. The largest absolute Gasteiger partial charge is 0.394 e. The Hall–Kier alpha value is -1.22. The Kier molecular flexibility index (Phi) is 8.08. The zero-order valence-corrected chi connectivity index (χ0v) is 13.9. The lowest BCUT2D eigenvalue weighted by Gasteiger charge is -2.47. The molecular formula is C16H30N2O6. The van der Waals surface area contributed by atoms with Gasteiger partial charge in [0.2, 0.25) is 11.8 Å². The first-order valence-electron chi connectivity index (χ1n) is 8.45. The SMILES string of the molecule is NC(=O)C(CC(O)CO)C1(C(CC(O)CO)C(N)=O)CCCCC1. The molecule has 8 heteroatoms. The summed E-state index contributed by atoms with van der Waals surface area (Å²) in [6.07, 6.45) is 1.15. The summed E-state index contributed by atoms with van der Waals surface area (Å²) in [7, 11) is 0. The highest BCUT2D eigenvalue weighted by molar-refractivity contribution is 5.82. The fourth-order valence-electron chi connectivity index (χ4n) is 4.11. The van der Waals surface area contributed by atoms with Gasteiger partial charge in [0.1, 0.15) is 0 Å². The fourth-order valence-corrected chi connectivity index (χ4v) is 4.11. The predicted molar refractivity (Wildman–Crippen MR) is 86.3 cm³/mol. The fraction of sp³-hybridized carbons (Fsp3) is 0.875. The minimum Gasteiger partial charge on any atom is -0.394 e. The van der Waals surface area contributed by atoms with E-state index < -0.39 is 54.5 Å². The van der Waals surface area contributed by atoms with Crippen LogP contribution in [0.5, 0.6) is 0 Å². The van der Waals surface area contributed by atoms with Crippen molar-refractivity contribution in [3.05, 3.63) is 0 Å². The standard InChI is InChI=1S/C16H30N2O6/c17-14(23)12(6-10(21)8-19)16(4-2-1-3-5-16)13(15(18)24)7-11(22)9-20/h10-13,19-22H,1-9H2,(H2,17,23)(H2,18,24). The summed E-state index contributed by atoms with van der Waals surface area (Å²) >= 11 is 0. The number of aliphatic hydroxyl groups excluding tert-OH is 4. The number of rotatable bonds is 10. The van der Waals surface area contributed by atoms with Crippen molar-refractivity contribution in [1.29, 1.82) is 0 Å². The second-order valence-corrected chi connectivity index (χ2v) is 6.85. The normalized spacial score (nSPS) is 22.3. The Morgan fingerprint density at radius 2 is 1.21 bits per heavy atom. The van der Waals surface area contributed by atoms with Gasteiger partial charge >= 0.3 is 0 Å². The van der Waals surface area contributed by atoms with E-state index in [0.717, 1.165) is 19.3 Å². The van der Waals surface area contributed by atoms with Crippen molar-refractivity contribution in [3.8, 4) is 0 Å². The molecule has 4 atom stereocenters. The van der Waals surface area contributed by atoms with E-state index in [0.29, 0.717) is 12.8 Å². The maximum Gasteiger partial charge on any atom is 0.221 e. The van der Waals surface area contributed by atoms with E-state index in [9.17, 15) is 19.8 Å². The Balaban J connectivity index is 3.25. The highest BCUT2D eigenvalue weighted by atomic mass is 16.3. The van der Waals surface area contributed by atoms with Crippen LogP contribution in [0.1, 0.15) is 44.9 Å². The van der Waals surface area contributed by atoms with Crippen molar-refractivity contribution in [3.63, 3.8) is 0 Å². The highest BCUT2D eigenvalue weighted by Gasteiger charge is 2.51. The number of hydrogen-bond donors (Lipinski definition) is 6. The van der Waals surface area contributed by atoms with Crippen molar-refractivity contribution in [2.24, 2.45) is 28.7 Å². The third-order valence-electron chi connectivity index (χ3n) is 5.30. The number of carbonyl (C=O) groups is 2. The minimum absolute atomic E-state index is 0.0646. The van der Waals surface area contributed by atoms with Crippen LogP contribution in [0.3, 0.4) is 0 Å². The first-order chi connectivity index (χ1) is 11.3. The molecule has 1 fully saturated rings. The van der Waals surface area contributed by atoms with Gasteiger partial charge in [-0.1, -0.05) is 19.3 Å². The number of hydrogen-bond acceptors (Lipinski definition) is 6. The van der Waals surface area contributed by atoms with Gasteiger partial charge < -0.3 is 31.9 Å². The molecule has 0 aromatic carbocycles. The monoisotopic (exact) mass is 346 g/mol. The Bertz CT molecular complexity index is 393. The van der Waals surface area contributed by atoms with Gasteiger partial charge in [0.05, 0.1) is 25.4 Å². The van der Waals surface area contributed by atoms with Crippen LogP contribution >= 0.6 is 0 Å². The van der Waals surface area contributed by atoms with Gasteiger partial charge in [-0.2, -0.15) is 0 Å². The molecule has 1 saturated carbocycles. The van der Waals surface area contributed by atoms with Crippen LogP contribution in [-0.2, 0) is 9.59 Å². The first kappa shape index (κ1) is 20.8. The average Bonchev–Trinajstić information content (AvgIpc) is 2.56. The molecule has 0 radical (unpaired) electrons. The van der Waals surface area contributed by atoms with E-state index in [1.165, 1.54) is 0 Å². The Morgan fingerprint density at radius 1 is 0.833 bits per heavy atom. The molecule has 0 aromatic rings. The van der Waals surface area contributed by atoms with Crippen molar-refractivity contribution in [2.45, 2.75) is 57.2 Å². The quantitative estimate of drug-likeness (QED) is 0.285. The van der Waals surface area contributed by atoms with Crippen LogP contribution in [0.2, 0.25) is 0 Å². The molecule has 0 heterocycles. The summed E-state index contributed by atoms with van der Waals surface area (Å²) in [5, 5.41) is 37.8. The summed E-state index contributed by atoms with van der Waals surface area (Å²) in [5.74, 6) is -3.00. The number of aliphatic hydroxyl groups is 4. The summed E-state index contributed by atoms with van der Waals surface area (Å²) < 4.78 is 0. The third kappa shape index (κ3) is 4.89. The van der Waals surface area contributed by atoms with E-state index >= 15 is 0 Å². The zero-order valence-electron chi connectivity index (χ0n) is 13.9. The molecule has 8 N–H and O–H groups in total. The van der Waals surface area contributed by atoms with E-state index in [4.69, 9.17) is 21.7 Å². The molecule has 1 aliphatic carbocycles. The van der Waals surface area contributed by atoms with E-state index in [1.54, 1.807) is 0 Å².